The van der Waals surface area contributed by atoms with Gasteiger partial charge in [-0.05, 0) is 30.1 Å². The van der Waals surface area contributed by atoms with E-state index in [2.05, 4.69) is 5.32 Å². The molecule has 0 aliphatic rings. The molecule has 1 aromatic carbocycles. The van der Waals surface area contributed by atoms with E-state index in [9.17, 15) is 13.6 Å². The Labute approximate surface area is 115 Å². The molecule has 4 N–H and O–H groups in total. The number of nitrogens with two attached hydrogens (primary N) is 1. The van der Waals surface area contributed by atoms with E-state index >= 15 is 0 Å². The number of hydrogen-bond donors (Lipinski definition) is 3. The number of carbonyl (C=O) groups is 1. The van der Waals surface area contributed by atoms with E-state index in [0.717, 1.165) is 17.9 Å². The lowest BCUT2D eigenvalue weighted by Gasteiger charge is -2.12. The summed E-state index contributed by atoms with van der Waals surface area (Å²) in [6.07, 6.45) is 1.97. The lowest BCUT2D eigenvalue weighted by Crippen LogP contribution is -2.29. The fourth-order valence-electron chi connectivity index (χ4n) is 1.55. The van der Waals surface area contributed by atoms with Crippen molar-refractivity contribution < 1.29 is 13.6 Å². The van der Waals surface area contributed by atoms with Crippen LogP contribution in [0.25, 0.3) is 0 Å². The molecule has 0 saturated carbocycles. The molecule has 19 heavy (non-hydrogen) atoms. The summed E-state index contributed by atoms with van der Waals surface area (Å²) in [5.74, 6) is 3.87. The van der Waals surface area contributed by atoms with Crippen molar-refractivity contribution in [2.75, 3.05) is 24.0 Å². The topological polar surface area (TPSA) is 67.2 Å². The van der Waals surface area contributed by atoms with Crippen LogP contribution in [0.3, 0.4) is 0 Å². The Bertz CT molecular complexity index is 434. The van der Waals surface area contributed by atoms with Gasteiger partial charge in [-0.1, -0.05) is 6.92 Å². The second-order valence-electron chi connectivity index (χ2n) is 4.23. The molecule has 0 bridgehead atoms. The highest BCUT2D eigenvalue weighted by atomic mass is 32.2. The highest BCUT2D eigenvalue weighted by Crippen LogP contribution is 2.19. The van der Waals surface area contributed by atoms with Gasteiger partial charge in [-0.15, -0.1) is 0 Å². The normalized spacial score (nSPS) is 12.1. The lowest BCUT2D eigenvalue weighted by molar-refractivity contribution is 0.0948. The third kappa shape index (κ3) is 4.36. The summed E-state index contributed by atoms with van der Waals surface area (Å²) in [6.45, 7) is 2.44. The molecule has 106 valence electrons. The number of anilines is 1. The highest BCUT2D eigenvalue weighted by Gasteiger charge is 2.14. The minimum atomic E-state index is -0.898. The Morgan fingerprint density at radius 2 is 2.00 bits per heavy atom. The van der Waals surface area contributed by atoms with Gasteiger partial charge in [0.2, 0.25) is 0 Å². The van der Waals surface area contributed by atoms with Crippen LogP contribution in [-0.4, -0.2) is 24.5 Å². The first-order valence-electron chi connectivity index (χ1n) is 5.72. The molecule has 0 aromatic heterocycles. The van der Waals surface area contributed by atoms with Crippen molar-refractivity contribution in [2.24, 2.45) is 11.8 Å². The zero-order valence-electron chi connectivity index (χ0n) is 10.8. The molecule has 0 fully saturated rings. The summed E-state index contributed by atoms with van der Waals surface area (Å²) in [5.41, 5.74) is 1.40. The van der Waals surface area contributed by atoms with Crippen LogP contribution in [0.15, 0.2) is 12.1 Å². The second-order valence-corrected chi connectivity index (χ2v) is 5.14. The van der Waals surface area contributed by atoms with E-state index in [0.29, 0.717) is 12.5 Å². The third-order valence-electron chi connectivity index (χ3n) is 2.51. The fraction of sp³-hybridized carbons (Fsp3) is 0.417. The second kappa shape index (κ2) is 7.30. The van der Waals surface area contributed by atoms with Crippen molar-refractivity contribution in [1.82, 2.24) is 5.32 Å². The maximum absolute atomic E-state index is 13.4. The van der Waals surface area contributed by atoms with Gasteiger partial charge in [0.15, 0.2) is 11.6 Å². The molecule has 0 heterocycles. The van der Waals surface area contributed by atoms with Crippen LogP contribution in [0, 0.1) is 17.6 Å². The molecule has 0 aliphatic heterocycles. The third-order valence-corrected chi connectivity index (χ3v) is 3.41. The van der Waals surface area contributed by atoms with Gasteiger partial charge in [0.05, 0.1) is 0 Å². The van der Waals surface area contributed by atoms with Crippen molar-refractivity contribution in [3.8, 4) is 0 Å². The predicted octanol–water partition coefficient (Wildman–Crippen LogP) is 1.98. The molecule has 4 nitrogen and oxygen atoms in total. The van der Waals surface area contributed by atoms with Crippen molar-refractivity contribution in [2.45, 2.75) is 6.92 Å². The van der Waals surface area contributed by atoms with Crippen LogP contribution >= 0.6 is 11.8 Å². The van der Waals surface area contributed by atoms with E-state index in [1.165, 1.54) is 0 Å². The predicted molar refractivity (Wildman–Crippen MR) is 74.0 cm³/mol. The molecule has 1 rings (SSSR count). The first kappa shape index (κ1) is 15.7. The number of amides is 1. The molecule has 1 unspecified atom stereocenters. The van der Waals surface area contributed by atoms with Gasteiger partial charge in [-0.3, -0.25) is 10.6 Å². The average Bonchev–Trinajstić information content (AvgIpc) is 2.36. The summed E-state index contributed by atoms with van der Waals surface area (Å²) in [6, 6.07) is 1.90. The molecular weight excluding hydrogens is 272 g/mol. The minimum absolute atomic E-state index is 0.0645. The number of nitrogen functional groups attached to an aromatic ring is 1. The largest absolute Gasteiger partial charge is 0.352 e. The lowest BCUT2D eigenvalue weighted by atomic mass is 10.1. The van der Waals surface area contributed by atoms with Gasteiger partial charge in [0, 0.05) is 12.1 Å². The van der Waals surface area contributed by atoms with Gasteiger partial charge in [-0.25, -0.2) is 8.78 Å². The Morgan fingerprint density at radius 3 is 2.47 bits per heavy atom. The van der Waals surface area contributed by atoms with Crippen LogP contribution in [0.5, 0.6) is 0 Å². The summed E-state index contributed by atoms with van der Waals surface area (Å²) in [5, 5.41) is 2.64. The molecular formula is C12H17F2N3OS. The highest BCUT2D eigenvalue weighted by molar-refractivity contribution is 7.98. The number of halogens is 2. The minimum Gasteiger partial charge on any atom is -0.352 e. The quantitative estimate of drug-likeness (QED) is 0.553. The standard InChI is InChI=1S/C12H17F2N3OS/c1-7(6-19-2)5-16-12(18)8-3-9(13)11(17-15)10(14)4-8/h3-4,7,17H,5-6,15H2,1-2H3,(H,16,18). The maximum Gasteiger partial charge on any atom is 0.251 e. The van der Waals surface area contributed by atoms with Gasteiger partial charge in [0.1, 0.15) is 5.69 Å². The molecule has 1 aromatic rings. The van der Waals surface area contributed by atoms with Crippen molar-refractivity contribution in [3.05, 3.63) is 29.3 Å². The summed E-state index contributed by atoms with van der Waals surface area (Å²) in [4.78, 5) is 11.8. The van der Waals surface area contributed by atoms with E-state index in [1.54, 1.807) is 11.8 Å². The van der Waals surface area contributed by atoms with Gasteiger partial charge < -0.3 is 10.7 Å². The van der Waals surface area contributed by atoms with Gasteiger partial charge in [-0.2, -0.15) is 11.8 Å². The smallest absolute Gasteiger partial charge is 0.251 e. The monoisotopic (exact) mass is 289 g/mol. The van der Waals surface area contributed by atoms with Crippen molar-refractivity contribution in [3.63, 3.8) is 0 Å². The maximum atomic E-state index is 13.4. The molecule has 0 spiro atoms. The van der Waals surface area contributed by atoms with Crippen molar-refractivity contribution >= 4 is 23.4 Å². The number of rotatable bonds is 6. The number of benzene rings is 1. The molecule has 0 radical (unpaired) electrons. The van der Waals surface area contributed by atoms with E-state index in [1.807, 2.05) is 18.6 Å². The molecule has 1 atom stereocenters. The zero-order valence-corrected chi connectivity index (χ0v) is 11.6. The zero-order chi connectivity index (χ0) is 14.4. The van der Waals surface area contributed by atoms with Crippen molar-refractivity contribution in [1.29, 1.82) is 0 Å². The number of carbonyl (C=O) groups excluding carboxylic acids is 1. The number of hydrazine groups is 1. The van der Waals surface area contributed by atoms with Crippen LogP contribution in [-0.2, 0) is 0 Å². The Balaban J connectivity index is 2.73. The van der Waals surface area contributed by atoms with Gasteiger partial charge >= 0.3 is 0 Å². The first-order chi connectivity index (χ1) is 8.99. The molecule has 7 heteroatoms. The van der Waals surface area contributed by atoms with Crippen LogP contribution in [0.2, 0.25) is 0 Å². The molecule has 1 amide bonds. The Kier molecular flexibility index (Phi) is 6.04. The van der Waals surface area contributed by atoms with Crippen LogP contribution in [0.4, 0.5) is 14.5 Å². The summed E-state index contributed by atoms with van der Waals surface area (Å²) >= 11 is 1.67. The number of hydrogen-bond acceptors (Lipinski definition) is 4. The van der Waals surface area contributed by atoms with E-state index in [4.69, 9.17) is 5.84 Å². The molecule has 0 saturated heterocycles. The summed E-state index contributed by atoms with van der Waals surface area (Å²) < 4.78 is 26.9. The molecule has 0 aliphatic carbocycles. The Hall–Kier alpha value is -1.34. The van der Waals surface area contributed by atoms with Crippen LogP contribution < -0.4 is 16.6 Å². The van der Waals surface area contributed by atoms with E-state index < -0.39 is 23.2 Å². The van der Waals surface area contributed by atoms with Crippen LogP contribution in [0.1, 0.15) is 17.3 Å². The fourth-order valence-corrected chi connectivity index (χ4v) is 2.24. The average molecular weight is 289 g/mol. The van der Waals surface area contributed by atoms with Gasteiger partial charge in [0.25, 0.3) is 5.91 Å². The first-order valence-corrected chi connectivity index (χ1v) is 7.11. The summed E-state index contributed by atoms with van der Waals surface area (Å²) in [7, 11) is 0. The Morgan fingerprint density at radius 1 is 1.42 bits per heavy atom. The number of thioether (sulfide) groups is 1. The van der Waals surface area contributed by atoms with E-state index in [-0.39, 0.29) is 5.56 Å². The SMILES string of the molecule is CSCC(C)CNC(=O)c1cc(F)c(NN)c(F)c1. The number of nitrogens with one attached hydrogen (secondary N) is 2.